The van der Waals surface area contributed by atoms with E-state index in [4.69, 9.17) is 18.9 Å². The molecule has 0 aromatic rings. The maximum atomic E-state index is 13.6. The molecule has 4 atom stereocenters. The van der Waals surface area contributed by atoms with E-state index in [-0.39, 0.29) is 40.9 Å². The lowest BCUT2D eigenvalue weighted by molar-refractivity contribution is -0.118. The van der Waals surface area contributed by atoms with Crippen molar-refractivity contribution in [3.8, 4) is 0 Å². The summed E-state index contributed by atoms with van der Waals surface area (Å²) in [5.74, 6) is 0.0421. The van der Waals surface area contributed by atoms with Gasteiger partial charge >= 0.3 is 0 Å². The molecule has 0 bridgehead atoms. The molecule has 0 spiro atoms. The first kappa shape index (κ1) is 55.7. The van der Waals surface area contributed by atoms with E-state index in [9.17, 15) is 9.59 Å². The molecule has 2 fully saturated rings. The highest BCUT2D eigenvalue weighted by Gasteiger charge is 2.68. The van der Waals surface area contributed by atoms with E-state index in [1.807, 2.05) is 38.2 Å². The highest BCUT2D eigenvalue weighted by molar-refractivity contribution is 5.90. The zero-order valence-electron chi connectivity index (χ0n) is 43.5. The van der Waals surface area contributed by atoms with Gasteiger partial charge in [-0.3, -0.25) is 14.9 Å². The molecule has 1 saturated heterocycles. The number of hydrogen-bond donors (Lipinski definition) is 3. The van der Waals surface area contributed by atoms with Gasteiger partial charge < -0.3 is 29.6 Å². The number of hydrogen-bond acceptors (Lipinski definition) is 7. The number of amides is 2. The Hall–Kier alpha value is -3.86. The van der Waals surface area contributed by atoms with Crippen LogP contribution in [-0.2, 0) is 28.5 Å². The summed E-state index contributed by atoms with van der Waals surface area (Å²) >= 11 is 0. The summed E-state index contributed by atoms with van der Waals surface area (Å²) in [7, 11) is 0. The third kappa shape index (κ3) is 19.6. The summed E-state index contributed by atoms with van der Waals surface area (Å²) in [6.07, 6.45) is 35.9. The Morgan fingerprint density at radius 2 is 1.19 bits per heavy atom. The molecule has 0 radical (unpaired) electrons. The average Bonchev–Trinajstić information content (AvgIpc) is 4.18. The molecule has 3 unspecified atom stereocenters. The summed E-state index contributed by atoms with van der Waals surface area (Å²) in [6.45, 7) is 29.1. The highest BCUT2D eigenvalue weighted by atomic mass is 16.6. The molecule has 0 aromatic heterocycles. The van der Waals surface area contributed by atoms with Gasteiger partial charge in [-0.2, -0.15) is 0 Å². The van der Waals surface area contributed by atoms with E-state index in [2.05, 4.69) is 115 Å². The number of nitrogens with one attached hydrogen (secondary N) is 3. The van der Waals surface area contributed by atoms with Crippen molar-refractivity contribution in [2.75, 3.05) is 52.7 Å². The van der Waals surface area contributed by atoms with Crippen LogP contribution in [0.3, 0.4) is 0 Å². The Balaban J connectivity index is 1.26. The minimum absolute atomic E-state index is 0.0984. The van der Waals surface area contributed by atoms with Gasteiger partial charge in [0.2, 0.25) is 11.8 Å². The van der Waals surface area contributed by atoms with Gasteiger partial charge in [0, 0.05) is 31.9 Å². The molecule has 1 heterocycles. The Labute approximate surface area is 406 Å². The second-order valence-electron chi connectivity index (χ2n) is 20.8. The van der Waals surface area contributed by atoms with Crippen LogP contribution in [0, 0.1) is 16.7 Å². The van der Waals surface area contributed by atoms with E-state index >= 15 is 0 Å². The minimum atomic E-state index is -0.445. The maximum Gasteiger partial charge on any atom is 0.244 e. The molecule has 2 amide bonds. The summed E-state index contributed by atoms with van der Waals surface area (Å²) in [5, 5.41) is 9.97. The van der Waals surface area contributed by atoms with Crippen molar-refractivity contribution < 1.29 is 28.5 Å². The van der Waals surface area contributed by atoms with Gasteiger partial charge in [0.05, 0.1) is 32.0 Å². The van der Waals surface area contributed by atoms with Crippen LogP contribution in [0.25, 0.3) is 0 Å². The molecule has 4 rings (SSSR count). The number of ether oxygens (including phenoxy) is 4. The predicted octanol–water partition coefficient (Wildman–Crippen LogP) is 12.0. The summed E-state index contributed by atoms with van der Waals surface area (Å²) in [4.78, 5) is 26.4. The number of carbonyl (C=O) groups is 2. The van der Waals surface area contributed by atoms with Crippen LogP contribution in [0.15, 0.2) is 117 Å². The van der Waals surface area contributed by atoms with Crippen molar-refractivity contribution in [2.24, 2.45) is 16.7 Å². The van der Waals surface area contributed by atoms with E-state index in [1.165, 1.54) is 66.4 Å². The van der Waals surface area contributed by atoms with Crippen molar-refractivity contribution in [3.63, 3.8) is 0 Å². The zero-order valence-corrected chi connectivity index (χ0v) is 43.5. The zero-order chi connectivity index (χ0) is 48.9. The van der Waals surface area contributed by atoms with Gasteiger partial charge in [0.15, 0.2) is 0 Å². The molecular weight excluding hydrogens is 835 g/mol. The van der Waals surface area contributed by atoms with Gasteiger partial charge in [0.25, 0.3) is 0 Å². The standard InChI is InChI=1S/C58H89N3O6/c1-12-34-64-36-38-66-39-37-65-35-18-33-60-55-54(67-55)58(61-53(63)41-46(5)22-14-20-44(3)27-29-51-48(7)24-16-31-57(51,10)11)42-49(58)25-17-32-59-52(62)40-45(4)21-13-19-43(2)26-28-50-47(6)23-15-30-56(50,8)9/h13-14,19-22,26-29,40-41,49,54-55,60H,12,15-18,23-25,30-39,42H2,1-11H3,(H,59,62)(H,61,63)/b21-13+,22-14+,28-26+,29-27+,43-19+,44-20+,45-40+,46-41+/t49-,54?,55?,58?/m1/s1. The molecule has 9 nitrogen and oxygen atoms in total. The monoisotopic (exact) mass is 924 g/mol. The van der Waals surface area contributed by atoms with Gasteiger partial charge in [-0.1, -0.05) is 118 Å². The normalized spacial score (nSPS) is 24.8. The largest absolute Gasteiger partial charge is 0.379 e. The molecule has 1 saturated carbocycles. The number of allylic oxidation sites excluding steroid dienone is 18. The minimum Gasteiger partial charge on any atom is -0.379 e. The van der Waals surface area contributed by atoms with Crippen molar-refractivity contribution >= 4 is 11.8 Å². The first-order valence-corrected chi connectivity index (χ1v) is 25.5. The van der Waals surface area contributed by atoms with E-state index < -0.39 is 5.54 Å². The number of epoxide rings is 1. The molecule has 372 valence electrons. The molecular formula is C58H89N3O6. The van der Waals surface area contributed by atoms with Crippen LogP contribution in [0.4, 0.5) is 0 Å². The van der Waals surface area contributed by atoms with Crippen molar-refractivity contribution in [1.82, 2.24) is 16.0 Å². The fourth-order valence-corrected chi connectivity index (χ4v) is 9.70. The van der Waals surface area contributed by atoms with Crippen molar-refractivity contribution in [1.29, 1.82) is 0 Å². The summed E-state index contributed by atoms with van der Waals surface area (Å²) < 4.78 is 23.0. The third-order valence-corrected chi connectivity index (χ3v) is 13.7. The second-order valence-corrected chi connectivity index (χ2v) is 20.8. The van der Waals surface area contributed by atoms with Crippen LogP contribution >= 0.6 is 0 Å². The van der Waals surface area contributed by atoms with Gasteiger partial charge in [0.1, 0.15) is 12.3 Å². The van der Waals surface area contributed by atoms with Crippen LogP contribution < -0.4 is 16.0 Å². The molecule has 0 aromatic carbocycles. The number of rotatable bonds is 29. The number of carbonyl (C=O) groups excluding carboxylic acids is 2. The lowest BCUT2D eigenvalue weighted by Crippen LogP contribution is -2.44. The third-order valence-electron chi connectivity index (χ3n) is 13.7. The first-order valence-electron chi connectivity index (χ1n) is 25.5. The Bertz CT molecular complexity index is 1950. The first-order chi connectivity index (χ1) is 32.0. The molecule has 1 aliphatic heterocycles. The van der Waals surface area contributed by atoms with Crippen molar-refractivity contribution in [3.05, 3.63) is 117 Å². The Morgan fingerprint density at radius 3 is 1.73 bits per heavy atom. The van der Waals surface area contributed by atoms with Gasteiger partial charge in [-0.15, -0.1) is 0 Å². The lowest BCUT2D eigenvalue weighted by atomic mass is 9.72. The fraction of sp³-hybridized carbons (Fsp3) is 0.621. The van der Waals surface area contributed by atoms with E-state index in [1.54, 1.807) is 12.2 Å². The lowest BCUT2D eigenvalue weighted by Gasteiger charge is -2.33. The fourth-order valence-electron chi connectivity index (χ4n) is 9.70. The Morgan fingerprint density at radius 1 is 0.672 bits per heavy atom. The average molecular weight is 924 g/mol. The smallest absolute Gasteiger partial charge is 0.244 e. The van der Waals surface area contributed by atoms with Crippen LogP contribution in [-0.4, -0.2) is 82.4 Å². The highest BCUT2D eigenvalue weighted by Crippen LogP contribution is 2.55. The second kappa shape index (κ2) is 28.0. The Kier molecular flexibility index (Phi) is 23.3. The molecule has 3 N–H and O–H groups in total. The topological polar surface area (TPSA) is 110 Å². The predicted molar refractivity (Wildman–Crippen MR) is 278 cm³/mol. The summed E-state index contributed by atoms with van der Waals surface area (Å²) in [6, 6.07) is 0. The van der Waals surface area contributed by atoms with Crippen LogP contribution in [0.5, 0.6) is 0 Å². The SMILES string of the molecule is CCCOCCOCCOCCCNC1OC1C1(NC(=O)/C=C(C)/C=C/C=C(C)/C=C/C2=C(C)CCCC2(C)C)C[C@H]1CCCNC(=O)/C=C(C)/C=C/C=C(C)/C=C/C1=C(C)CCCC1(C)C. The molecule has 4 aliphatic rings. The van der Waals surface area contributed by atoms with E-state index in [0.717, 1.165) is 62.0 Å². The van der Waals surface area contributed by atoms with Crippen LogP contribution in [0.2, 0.25) is 0 Å². The quantitative estimate of drug-likeness (QED) is 0.0297. The maximum absolute atomic E-state index is 13.6. The van der Waals surface area contributed by atoms with Crippen molar-refractivity contribution in [2.45, 2.75) is 165 Å². The molecule has 3 aliphatic carbocycles. The van der Waals surface area contributed by atoms with Crippen LogP contribution in [0.1, 0.15) is 147 Å². The van der Waals surface area contributed by atoms with E-state index in [0.29, 0.717) is 39.6 Å². The van der Waals surface area contributed by atoms with Gasteiger partial charge in [-0.05, 0) is 158 Å². The van der Waals surface area contributed by atoms with Gasteiger partial charge in [-0.25, -0.2) is 0 Å². The molecule has 9 heteroatoms. The molecule has 67 heavy (non-hydrogen) atoms. The summed E-state index contributed by atoms with van der Waals surface area (Å²) in [5.41, 5.74) is 9.98.